The Hall–Kier alpha value is -2.38. The van der Waals surface area contributed by atoms with Crippen LogP contribution in [-0.4, -0.2) is 41.8 Å². The highest BCUT2D eigenvalue weighted by atomic mass is 16.5. The number of anilines is 1. The first-order valence-electron chi connectivity index (χ1n) is 5.71. The molecule has 0 aromatic carbocycles. The normalized spacial score (nSPS) is 9.79. The van der Waals surface area contributed by atoms with Crippen molar-refractivity contribution in [3.05, 3.63) is 17.5 Å². The van der Waals surface area contributed by atoms with Crippen LogP contribution in [0.1, 0.15) is 23.0 Å². The summed E-state index contributed by atoms with van der Waals surface area (Å²) in [6.07, 6.45) is 0.550. The Morgan fingerprint density at radius 3 is 2.74 bits per heavy atom. The third-order valence-electron chi connectivity index (χ3n) is 2.10. The molecule has 0 fully saturated rings. The smallest absolute Gasteiger partial charge is 0.404 e. The molecule has 1 aromatic heterocycles. The van der Waals surface area contributed by atoms with Crippen molar-refractivity contribution in [1.29, 1.82) is 0 Å². The van der Waals surface area contributed by atoms with E-state index >= 15 is 0 Å². The number of nitrogens with zero attached hydrogens (tertiary/aromatic N) is 2. The van der Waals surface area contributed by atoms with Gasteiger partial charge in [-0.25, -0.2) is 19.6 Å². The number of aryl methyl sites for hydroxylation is 1. The van der Waals surface area contributed by atoms with E-state index in [0.717, 1.165) is 0 Å². The molecule has 0 aliphatic carbocycles. The molecule has 1 rings (SSSR count). The van der Waals surface area contributed by atoms with Crippen LogP contribution < -0.4 is 11.1 Å². The highest BCUT2D eigenvalue weighted by molar-refractivity contribution is 5.90. The third-order valence-corrected chi connectivity index (χ3v) is 2.10. The third kappa shape index (κ3) is 4.78. The van der Waals surface area contributed by atoms with E-state index in [1.165, 1.54) is 6.20 Å². The maximum atomic E-state index is 11.5. The van der Waals surface area contributed by atoms with Gasteiger partial charge in [0.1, 0.15) is 6.61 Å². The number of nitrogens with two attached hydrogens (primary N) is 1. The summed E-state index contributed by atoms with van der Waals surface area (Å²) < 4.78 is 9.40. The van der Waals surface area contributed by atoms with Gasteiger partial charge in [-0.05, 0) is 13.8 Å². The van der Waals surface area contributed by atoms with Crippen molar-refractivity contribution in [2.45, 2.75) is 13.8 Å². The molecule has 0 aliphatic rings. The molecular weight excluding hydrogens is 252 g/mol. The number of ether oxygens (including phenoxy) is 2. The van der Waals surface area contributed by atoms with Gasteiger partial charge >= 0.3 is 12.1 Å². The summed E-state index contributed by atoms with van der Waals surface area (Å²) in [5.41, 5.74) is 5.63. The standard InChI is InChI=1S/C11H16N4O4/c1-3-18-9(16)8-6-14-11(15-7(8)2)13-4-5-19-10(12)17/h6H,3-5H2,1-2H3,(H2,12,17)(H,13,14,15). The lowest BCUT2D eigenvalue weighted by Crippen LogP contribution is -2.19. The molecular formula is C11H16N4O4. The second-order valence-electron chi connectivity index (χ2n) is 3.51. The van der Waals surface area contributed by atoms with E-state index in [1.54, 1.807) is 13.8 Å². The summed E-state index contributed by atoms with van der Waals surface area (Å²) in [7, 11) is 0. The Labute approximate surface area is 110 Å². The molecule has 0 bridgehead atoms. The molecule has 8 heteroatoms. The molecule has 1 heterocycles. The Kier molecular flexibility index (Phi) is 5.52. The van der Waals surface area contributed by atoms with Crippen LogP contribution in [0.5, 0.6) is 0 Å². The molecule has 0 atom stereocenters. The van der Waals surface area contributed by atoms with Crippen molar-refractivity contribution < 1.29 is 19.1 Å². The van der Waals surface area contributed by atoms with E-state index in [0.29, 0.717) is 30.4 Å². The summed E-state index contributed by atoms with van der Waals surface area (Å²) >= 11 is 0. The molecule has 0 unspecified atom stereocenters. The molecule has 1 aromatic rings. The van der Waals surface area contributed by atoms with Gasteiger partial charge < -0.3 is 20.5 Å². The summed E-state index contributed by atoms with van der Waals surface area (Å²) in [6, 6.07) is 0. The van der Waals surface area contributed by atoms with Gasteiger partial charge in [0.2, 0.25) is 5.95 Å². The Morgan fingerprint density at radius 2 is 2.16 bits per heavy atom. The fraction of sp³-hybridized carbons (Fsp3) is 0.455. The lowest BCUT2D eigenvalue weighted by atomic mass is 10.2. The second kappa shape index (κ2) is 7.14. The fourth-order valence-corrected chi connectivity index (χ4v) is 1.28. The Bertz CT molecular complexity index is 464. The second-order valence-corrected chi connectivity index (χ2v) is 3.51. The zero-order valence-electron chi connectivity index (χ0n) is 10.8. The number of aromatic nitrogens is 2. The van der Waals surface area contributed by atoms with Crippen molar-refractivity contribution in [1.82, 2.24) is 9.97 Å². The molecule has 8 nitrogen and oxygen atoms in total. The van der Waals surface area contributed by atoms with Gasteiger partial charge in [-0.2, -0.15) is 0 Å². The van der Waals surface area contributed by atoms with E-state index in [2.05, 4.69) is 20.0 Å². The van der Waals surface area contributed by atoms with Crippen molar-refractivity contribution in [3.8, 4) is 0 Å². The minimum absolute atomic E-state index is 0.109. The molecule has 0 saturated heterocycles. The predicted octanol–water partition coefficient (Wildman–Crippen LogP) is 0.469. The van der Waals surface area contributed by atoms with Gasteiger partial charge in [0.25, 0.3) is 0 Å². The van der Waals surface area contributed by atoms with Crippen LogP contribution in [0.15, 0.2) is 6.20 Å². The van der Waals surface area contributed by atoms with Gasteiger partial charge in [-0.1, -0.05) is 0 Å². The average molecular weight is 268 g/mol. The lowest BCUT2D eigenvalue weighted by molar-refractivity contribution is 0.0524. The van der Waals surface area contributed by atoms with Crippen LogP contribution in [0.4, 0.5) is 10.7 Å². The molecule has 0 saturated carbocycles. The fourth-order valence-electron chi connectivity index (χ4n) is 1.28. The van der Waals surface area contributed by atoms with Crippen LogP contribution in [-0.2, 0) is 9.47 Å². The van der Waals surface area contributed by atoms with Crippen LogP contribution in [0, 0.1) is 6.92 Å². The van der Waals surface area contributed by atoms with Gasteiger partial charge in [0.05, 0.1) is 24.4 Å². The maximum Gasteiger partial charge on any atom is 0.404 e. The molecule has 0 radical (unpaired) electrons. The number of hydrogen-bond acceptors (Lipinski definition) is 7. The van der Waals surface area contributed by atoms with Crippen LogP contribution in [0.25, 0.3) is 0 Å². The van der Waals surface area contributed by atoms with E-state index < -0.39 is 12.1 Å². The number of carbonyl (C=O) groups excluding carboxylic acids is 2. The first-order valence-corrected chi connectivity index (χ1v) is 5.71. The molecule has 0 spiro atoms. The Balaban J connectivity index is 2.56. The SMILES string of the molecule is CCOC(=O)c1cnc(NCCOC(N)=O)nc1C. The number of nitrogens with one attached hydrogen (secondary N) is 1. The number of hydrogen-bond donors (Lipinski definition) is 2. The molecule has 19 heavy (non-hydrogen) atoms. The Morgan fingerprint density at radius 1 is 1.42 bits per heavy atom. The monoisotopic (exact) mass is 268 g/mol. The molecule has 104 valence electrons. The topological polar surface area (TPSA) is 116 Å². The van der Waals surface area contributed by atoms with Crippen molar-refractivity contribution >= 4 is 18.0 Å². The summed E-state index contributed by atoms with van der Waals surface area (Å²) in [4.78, 5) is 29.9. The first kappa shape index (κ1) is 14.7. The molecule has 1 amide bonds. The lowest BCUT2D eigenvalue weighted by Gasteiger charge is -2.08. The van der Waals surface area contributed by atoms with Gasteiger partial charge in [-0.15, -0.1) is 0 Å². The van der Waals surface area contributed by atoms with Crippen molar-refractivity contribution in [3.63, 3.8) is 0 Å². The average Bonchev–Trinajstić information content (AvgIpc) is 2.34. The van der Waals surface area contributed by atoms with Crippen molar-refractivity contribution in [2.24, 2.45) is 5.73 Å². The number of carbonyl (C=O) groups is 2. The number of primary amides is 1. The van der Waals surface area contributed by atoms with Gasteiger partial charge in [0, 0.05) is 6.20 Å². The summed E-state index contributed by atoms with van der Waals surface area (Å²) in [6.45, 7) is 4.13. The van der Waals surface area contributed by atoms with E-state index in [-0.39, 0.29) is 6.61 Å². The minimum atomic E-state index is -0.837. The first-order chi connectivity index (χ1) is 9.04. The van der Waals surface area contributed by atoms with Crippen molar-refractivity contribution in [2.75, 3.05) is 25.1 Å². The van der Waals surface area contributed by atoms with Gasteiger partial charge in [0.15, 0.2) is 0 Å². The number of amides is 1. The van der Waals surface area contributed by atoms with Crippen LogP contribution >= 0.6 is 0 Å². The van der Waals surface area contributed by atoms with Crippen LogP contribution in [0.3, 0.4) is 0 Å². The number of esters is 1. The molecule has 3 N–H and O–H groups in total. The highest BCUT2D eigenvalue weighted by Crippen LogP contribution is 2.08. The maximum absolute atomic E-state index is 11.5. The zero-order chi connectivity index (χ0) is 14.3. The summed E-state index contributed by atoms with van der Waals surface area (Å²) in [5, 5.41) is 2.83. The zero-order valence-corrected chi connectivity index (χ0v) is 10.8. The largest absolute Gasteiger partial charge is 0.462 e. The van der Waals surface area contributed by atoms with E-state index in [4.69, 9.17) is 10.5 Å². The van der Waals surface area contributed by atoms with Gasteiger partial charge in [-0.3, -0.25) is 0 Å². The van der Waals surface area contributed by atoms with E-state index in [1.807, 2.05) is 0 Å². The minimum Gasteiger partial charge on any atom is -0.462 e. The van der Waals surface area contributed by atoms with Crippen LogP contribution in [0.2, 0.25) is 0 Å². The number of rotatable bonds is 6. The molecule has 0 aliphatic heterocycles. The summed E-state index contributed by atoms with van der Waals surface area (Å²) in [5.74, 6) is -0.123. The van der Waals surface area contributed by atoms with E-state index in [9.17, 15) is 9.59 Å². The highest BCUT2D eigenvalue weighted by Gasteiger charge is 2.12. The predicted molar refractivity (Wildman–Crippen MR) is 66.8 cm³/mol. The quantitative estimate of drug-likeness (QED) is 0.568.